The number of carboxylic acid groups (broad SMARTS) is 1. The maximum absolute atomic E-state index is 10.9. The summed E-state index contributed by atoms with van der Waals surface area (Å²) in [6.45, 7) is 1.81. The molecule has 0 amide bonds. The highest BCUT2D eigenvalue weighted by Gasteiger charge is 2.38. The van der Waals surface area contributed by atoms with Gasteiger partial charge in [0.25, 0.3) is 0 Å². The highest BCUT2D eigenvalue weighted by molar-refractivity contribution is 5.89. The number of carbonyl (C=O) groups is 1. The second kappa shape index (κ2) is 3.35. The molecule has 0 aromatic heterocycles. The molecule has 3 N–H and O–H groups in total. The van der Waals surface area contributed by atoms with E-state index in [2.05, 4.69) is 0 Å². The van der Waals surface area contributed by atoms with Gasteiger partial charge in [0.05, 0.1) is 5.56 Å². The Balaban J connectivity index is 2.26. The molecule has 0 radical (unpaired) electrons. The summed E-state index contributed by atoms with van der Waals surface area (Å²) < 4.78 is 0. The lowest BCUT2D eigenvalue weighted by molar-refractivity contribution is 0.0696. The number of hydrogen-bond donors (Lipinski definition) is 2. The molecular weight excluding hydrogens is 190 g/mol. The molecule has 1 aliphatic rings. The number of aromatic carboxylic acids is 1. The number of nitrogens with two attached hydrogens (primary N) is 1. The van der Waals surface area contributed by atoms with Crippen LogP contribution in [0.25, 0.3) is 0 Å². The Morgan fingerprint density at radius 1 is 1.53 bits per heavy atom. The third-order valence-corrected chi connectivity index (χ3v) is 2.98. The van der Waals surface area contributed by atoms with Gasteiger partial charge < -0.3 is 10.8 Å². The molecule has 15 heavy (non-hydrogen) atoms. The first kappa shape index (κ1) is 10.2. The van der Waals surface area contributed by atoms with Crippen LogP contribution in [0.15, 0.2) is 18.2 Å². The van der Waals surface area contributed by atoms with Crippen LogP contribution in [0.2, 0.25) is 0 Å². The summed E-state index contributed by atoms with van der Waals surface area (Å²) in [5.74, 6) is -0.865. The van der Waals surface area contributed by atoms with Gasteiger partial charge in [0.1, 0.15) is 0 Å². The summed E-state index contributed by atoms with van der Waals surface area (Å²) in [7, 11) is 0. The van der Waals surface area contributed by atoms with Gasteiger partial charge in [-0.15, -0.1) is 0 Å². The van der Waals surface area contributed by atoms with E-state index in [1.807, 2.05) is 19.1 Å². The average Bonchev–Trinajstić information content (AvgIpc) is 2.87. The zero-order valence-electron chi connectivity index (χ0n) is 8.79. The van der Waals surface area contributed by atoms with Crippen LogP contribution < -0.4 is 5.73 Å². The van der Waals surface area contributed by atoms with E-state index in [9.17, 15) is 4.79 Å². The van der Waals surface area contributed by atoms with Crippen molar-refractivity contribution in [3.8, 4) is 0 Å². The van der Waals surface area contributed by atoms with Crippen molar-refractivity contribution in [1.29, 1.82) is 0 Å². The first-order valence-corrected chi connectivity index (χ1v) is 5.12. The van der Waals surface area contributed by atoms with Crippen LogP contribution in [0.4, 0.5) is 0 Å². The summed E-state index contributed by atoms with van der Waals surface area (Å²) >= 11 is 0. The van der Waals surface area contributed by atoms with Crippen molar-refractivity contribution in [3.63, 3.8) is 0 Å². The summed E-state index contributed by atoms with van der Waals surface area (Å²) in [4.78, 5) is 10.9. The van der Waals surface area contributed by atoms with E-state index in [1.54, 1.807) is 6.07 Å². The van der Waals surface area contributed by atoms with Crippen molar-refractivity contribution in [2.75, 3.05) is 0 Å². The molecule has 0 heterocycles. The summed E-state index contributed by atoms with van der Waals surface area (Å²) in [5.41, 5.74) is 8.14. The van der Waals surface area contributed by atoms with Crippen molar-refractivity contribution in [2.45, 2.75) is 31.7 Å². The Labute approximate surface area is 88.9 Å². The largest absolute Gasteiger partial charge is 0.478 e. The number of carboxylic acids is 1. The molecular formula is C12H15NO2. The lowest BCUT2D eigenvalue weighted by Crippen LogP contribution is -2.24. The van der Waals surface area contributed by atoms with Crippen LogP contribution >= 0.6 is 0 Å². The van der Waals surface area contributed by atoms with Crippen molar-refractivity contribution in [3.05, 3.63) is 34.9 Å². The molecule has 1 fully saturated rings. The smallest absolute Gasteiger partial charge is 0.335 e. The highest BCUT2D eigenvalue weighted by atomic mass is 16.4. The molecule has 3 nitrogen and oxygen atoms in total. The predicted molar refractivity (Wildman–Crippen MR) is 58.0 cm³/mol. The number of rotatable bonds is 3. The molecule has 2 rings (SSSR count). The molecule has 0 unspecified atom stereocenters. The van der Waals surface area contributed by atoms with Crippen LogP contribution in [-0.2, 0) is 6.42 Å². The Morgan fingerprint density at radius 2 is 2.20 bits per heavy atom. The van der Waals surface area contributed by atoms with Gasteiger partial charge in [-0.25, -0.2) is 4.79 Å². The fraction of sp³-hybridized carbons (Fsp3) is 0.417. The Morgan fingerprint density at radius 3 is 2.73 bits per heavy atom. The molecule has 0 saturated heterocycles. The minimum Gasteiger partial charge on any atom is -0.478 e. The van der Waals surface area contributed by atoms with Crippen LogP contribution in [-0.4, -0.2) is 16.6 Å². The minimum absolute atomic E-state index is 0.0645. The fourth-order valence-electron chi connectivity index (χ4n) is 1.75. The fourth-order valence-corrected chi connectivity index (χ4v) is 1.75. The molecule has 1 saturated carbocycles. The second-order valence-corrected chi connectivity index (χ2v) is 4.49. The van der Waals surface area contributed by atoms with Crippen molar-refractivity contribution in [2.24, 2.45) is 5.73 Å². The minimum atomic E-state index is -0.865. The van der Waals surface area contributed by atoms with E-state index < -0.39 is 5.97 Å². The monoisotopic (exact) mass is 205 g/mol. The van der Waals surface area contributed by atoms with Crippen LogP contribution in [0.1, 0.15) is 34.3 Å². The van der Waals surface area contributed by atoms with E-state index >= 15 is 0 Å². The number of benzene rings is 1. The molecule has 1 aromatic rings. The van der Waals surface area contributed by atoms with E-state index in [-0.39, 0.29) is 5.54 Å². The van der Waals surface area contributed by atoms with Gasteiger partial charge in [-0.2, -0.15) is 0 Å². The molecule has 0 spiro atoms. The summed E-state index contributed by atoms with van der Waals surface area (Å²) in [6.07, 6.45) is 2.88. The van der Waals surface area contributed by atoms with Gasteiger partial charge in [0.15, 0.2) is 0 Å². The van der Waals surface area contributed by atoms with E-state index in [0.29, 0.717) is 5.56 Å². The Hall–Kier alpha value is -1.35. The van der Waals surface area contributed by atoms with E-state index in [0.717, 1.165) is 30.4 Å². The zero-order valence-corrected chi connectivity index (χ0v) is 8.79. The van der Waals surface area contributed by atoms with Crippen LogP contribution in [0.3, 0.4) is 0 Å². The number of aryl methyl sites for hydroxylation is 1. The highest BCUT2D eigenvalue weighted by Crippen LogP contribution is 2.35. The zero-order chi connectivity index (χ0) is 11.1. The third-order valence-electron chi connectivity index (χ3n) is 2.98. The third kappa shape index (κ3) is 2.18. The van der Waals surface area contributed by atoms with Gasteiger partial charge in [-0.1, -0.05) is 12.1 Å². The normalized spacial score (nSPS) is 17.5. The maximum atomic E-state index is 10.9. The van der Waals surface area contributed by atoms with Gasteiger partial charge >= 0.3 is 5.97 Å². The summed E-state index contributed by atoms with van der Waals surface area (Å²) in [6, 6.07) is 5.56. The van der Waals surface area contributed by atoms with Crippen LogP contribution in [0, 0.1) is 6.92 Å². The molecule has 0 aliphatic heterocycles. The topological polar surface area (TPSA) is 63.3 Å². The standard InChI is InChI=1S/C12H15NO2/c1-8-2-3-9(6-10(8)11(14)15)7-12(13)4-5-12/h2-3,6H,4-5,7,13H2,1H3,(H,14,15). The van der Waals surface area contributed by atoms with Gasteiger partial charge in [0.2, 0.25) is 0 Å². The lowest BCUT2D eigenvalue weighted by atomic mass is 9.99. The maximum Gasteiger partial charge on any atom is 0.335 e. The van der Waals surface area contributed by atoms with Gasteiger partial charge in [-0.3, -0.25) is 0 Å². The molecule has 3 heteroatoms. The molecule has 0 atom stereocenters. The van der Waals surface area contributed by atoms with Crippen molar-refractivity contribution in [1.82, 2.24) is 0 Å². The van der Waals surface area contributed by atoms with Gasteiger partial charge in [-0.05, 0) is 43.4 Å². The number of hydrogen-bond acceptors (Lipinski definition) is 2. The molecule has 80 valence electrons. The predicted octanol–water partition coefficient (Wildman–Crippen LogP) is 1.73. The average molecular weight is 205 g/mol. The Bertz CT molecular complexity index is 408. The van der Waals surface area contributed by atoms with Crippen molar-refractivity contribution >= 4 is 5.97 Å². The Kier molecular flexibility index (Phi) is 2.27. The van der Waals surface area contributed by atoms with E-state index in [1.165, 1.54) is 0 Å². The quantitative estimate of drug-likeness (QED) is 0.789. The lowest BCUT2D eigenvalue weighted by Gasteiger charge is -2.10. The first-order chi connectivity index (χ1) is 7.00. The van der Waals surface area contributed by atoms with E-state index in [4.69, 9.17) is 10.8 Å². The SMILES string of the molecule is Cc1ccc(CC2(N)CC2)cc1C(=O)O. The van der Waals surface area contributed by atoms with Crippen LogP contribution in [0.5, 0.6) is 0 Å². The van der Waals surface area contributed by atoms with Crippen molar-refractivity contribution < 1.29 is 9.90 Å². The molecule has 1 aliphatic carbocycles. The molecule has 0 bridgehead atoms. The van der Waals surface area contributed by atoms with Gasteiger partial charge in [0, 0.05) is 5.54 Å². The first-order valence-electron chi connectivity index (χ1n) is 5.12. The molecule has 1 aromatic carbocycles. The summed E-state index contributed by atoms with van der Waals surface area (Å²) in [5, 5.41) is 8.97. The second-order valence-electron chi connectivity index (χ2n) is 4.49.